The summed E-state index contributed by atoms with van der Waals surface area (Å²) in [5.74, 6) is -0.322. The van der Waals surface area contributed by atoms with E-state index in [9.17, 15) is 9.59 Å². The van der Waals surface area contributed by atoms with Crippen LogP contribution in [0.15, 0.2) is 30.7 Å². The lowest BCUT2D eigenvalue weighted by molar-refractivity contribution is 0.0645. The summed E-state index contributed by atoms with van der Waals surface area (Å²) in [5, 5.41) is 2.81. The second kappa shape index (κ2) is 5.59. The summed E-state index contributed by atoms with van der Waals surface area (Å²) >= 11 is 0. The molecule has 2 aromatic rings. The van der Waals surface area contributed by atoms with Gasteiger partial charge in [0.15, 0.2) is 0 Å². The number of carbonyl (C=O) groups excluding carboxylic acids is 2. The molecule has 0 aromatic carbocycles. The van der Waals surface area contributed by atoms with Crippen molar-refractivity contribution in [3.8, 4) is 0 Å². The van der Waals surface area contributed by atoms with Crippen molar-refractivity contribution in [1.82, 2.24) is 24.8 Å². The molecule has 0 aliphatic carbocycles. The van der Waals surface area contributed by atoms with Crippen molar-refractivity contribution in [3.05, 3.63) is 47.8 Å². The zero-order valence-electron chi connectivity index (χ0n) is 12.5. The molecule has 0 unspecified atom stereocenters. The molecule has 7 heteroatoms. The number of hydrogen-bond donors (Lipinski definition) is 1. The fourth-order valence-corrected chi connectivity index (χ4v) is 2.48. The lowest BCUT2D eigenvalue weighted by Gasteiger charge is -2.33. The number of rotatable bonds is 3. The quantitative estimate of drug-likeness (QED) is 0.893. The molecule has 0 fully saturated rings. The third-order valence-electron chi connectivity index (χ3n) is 3.84. The summed E-state index contributed by atoms with van der Waals surface area (Å²) in [6, 6.07) is 3.56. The summed E-state index contributed by atoms with van der Waals surface area (Å²) in [4.78, 5) is 34.0. The minimum Gasteiger partial charge on any atom is -0.349 e. The van der Waals surface area contributed by atoms with Crippen LogP contribution in [-0.4, -0.2) is 50.9 Å². The Balaban J connectivity index is 1.65. The highest BCUT2D eigenvalue weighted by molar-refractivity contribution is 5.94. The number of fused-ring (bicyclic) bond motifs is 1. The molecule has 1 aliphatic rings. The van der Waals surface area contributed by atoms with Gasteiger partial charge in [0, 0.05) is 32.5 Å². The minimum atomic E-state index is -0.286. The molecule has 2 aromatic heterocycles. The zero-order chi connectivity index (χ0) is 15.7. The first-order valence-corrected chi connectivity index (χ1v) is 7.05. The molecular weight excluding hydrogens is 282 g/mol. The van der Waals surface area contributed by atoms with Gasteiger partial charge in [0.05, 0.1) is 17.9 Å². The number of nitrogens with one attached hydrogen (secondary N) is 1. The number of amides is 2. The van der Waals surface area contributed by atoms with Gasteiger partial charge in [-0.3, -0.25) is 14.6 Å². The maximum absolute atomic E-state index is 12.2. The molecule has 0 bridgehead atoms. The Morgan fingerprint density at radius 2 is 2.23 bits per heavy atom. The van der Waals surface area contributed by atoms with Gasteiger partial charge in [-0.25, -0.2) is 4.98 Å². The summed E-state index contributed by atoms with van der Waals surface area (Å²) in [7, 11) is 1.75. The Morgan fingerprint density at radius 1 is 1.41 bits per heavy atom. The molecule has 114 valence electrons. The molecular formula is C15H17N5O2. The van der Waals surface area contributed by atoms with E-state index in [1.54, 1.807) is 24.2 Å². The Labute approximate surface area is 128 Å². The number of aromatic nitrogens is 3. The zero-order valence-corrected chi connectivity index (χ0v) is 12.5. The first-order valence-electron chi connectivity index (χ1n) is 7.05. The van der Waals surface area contributed by atoms with Gasteiger partial charge in [-0.1, -0.05) is 0 Å². The van der Waals surface area contributed by atoms with E-state index in [1.807, 2.05) is 23.8 Å². The second-order valence-corrected chi connectivity index (χ2v) is 5.37. The van der Waals surface area contributed by atoms with Crippen LogP contribution in [0.4, 0.5) is 0 Å². The lowest BCUT2D eigenvalue weighted by Crippen LogP contribution is -2.50. The van der Waals surface area contributed by atoms with E-state index >= 15 is 0 Å². The van der Waals surface area contributed by atoms with Crippen LogP contribution in [0.25, 0.3) is 0 Å². The molecule has 22 heavy (non-hydrogen) atoms. The van der Waals surface area contributed by atoms with Crippen LogP contribution in [0.2, 0.25) is 0 Å². The van der Waals surface area contributed by atoms with E-state index in [0.29, 0.717) is 18.8 Å². The predicted molar refractivity (Wildman–Crippen MR) is 79.4 cm³/mol. The van der Waals surface area contributed by atoms with Gasteiger partial charge < -0.3 is 14.8 Å². The van der Waals surface area contributed by atoms with Crippen molar-refractivity contribution in [1.29, 1.82) is 0 Å². The Bertz CT molecular complexity index is 707. The van der Waals surface area contributed by atoms with Crippen molar-refractivity contribution in [2.24, 2.45) is 0 Å². The first-order chi connectivity index (χ1) is 10.6. The molecule has 0 saturated heterocycles. The van der Waals surface area contributed by atoms with Crippen LogP contribution in [0.1, 0.15) is 26.7 Å². The molecule has 3 rings (SSSR count). The van der Waals surface area contributed by atoms with Gasteiger partial charge in [0.1, 0.15) is 11.4 Å². The van der Waals surface area contributed by atoms with Crippen LogP contribution in [0.5, 0.6) is 0 Å². The molecule has 0 radical (unpaired) electrons. The highest BCUT2D eigenvalue weighted by Gasteiger charge is 2.29. The second-order valence-electron chi connectivity index (χ2n) is 5.37. The molecule has 3 heterocycles. The van der Waals surface area contributed by atoms with Crippen LogP contribution < -0.4 is 5.32 Å². The summed E-state index contributed by atoms with van der Waals surface area (Å²) < 4.78 is 1.91. The molecule has 0 spiro atoms. The fourth-order valence-electron chi connectivity index (χ4n) is 2.48. The van der Waals surface area contributed by atoms with Crippen molar-refractivity contribution in [2.45, 2.75) is 19.5 Å². The van der Waals surface area contributed by atoms with E-state index in [1.165, 1.54) is 6.20 Å². The van der Waals surface area contributed by atoms with E-state index < -0.39 is 0 Å². The normalized spacial score (nSPS) is 17.3. The van der Waals surface area contributed by atoms with Crippen molar-refractivity contribution >= 4 is 11.8 Å². The maximum Gasteiger partial charge on any atom is 0.271 e. The van der Waals surface area contributed by atoms with Gasteiger partial charge in [-0.2, -0.15) is 0 Å². The van der Waals surface area contributed by atoms with Crippen molar-refractivity contribution in [2.75, 3.05) is 13.6 Å². The first kappa shape index (κ1) is 14.2. The number of aryl methyl sites for hydroxylation is 1. The van der Waals surface area contributed by atoms with Crippen LogP contribution in [0.3, 0.4) is 0 Å². The largest absolute Gasteiger partial charge is 0.349 e. The van der Waals surface area contributed by atoms with Gasteiger partial charge in [0.2, 0.25) is 0 Å². The maximum atomic E-state index is 12.2. The molecule has 0 saturated carbocycles. The monoisotopic (exact) mass is 299 g/mol. The Hall–Kier alpha value is -2.70. The van der Waals surface area contributed by atoms with Crippen LogP contribution >= 0.6 is 0 Å². The molecule has 7 nitrogen and oxygen atoms in total. The number of nitrogens with zero attached hydrogens (tertiary/aromatic N) is 4. The van der Waals surface area contributed by atoms with Crippen molar-refractivity contribution < 1.29 is 9.59 Å². The molecule has 2 amide bonds. The van der Waals surface area contributed by atoms with Gasteiger partial charge in [0.25, 0.3) is 11.8 Å². The summed E-state index contributed by atoms with van der Waals surface area (Å²) in [6.45, 7) is 2.84. The van der Waals surface area contributed by atoms with Gasteiger partial charge in [-0.05, 0) is 19.1 Å². The molecule has 1 atom stereocenters. The average molecular weight is 299 g/mol. The third kappa shape index (κ3) is 2.57. The highest BCUT2D eigenvalue weighted by atomic mass is 16.2. The SMILES string of the molecule is Cc1cnc(C(=O)NC[C@H]2Cn3cccc3C(=O)N2C)cn1. The van der Waals surface area contributed by atoms with E-state index in [0.717, 1.165) is 5.69 Å². The molecule has 1 N–H and O–H groups in total. The number of carbonyl (C=O) groups is 2. The minimum absolute atomic E-state index is 0.0365. The Kier molecular flexibility index (Phi) is 3.62. The average Bonchev–Trinajstić information content (AvgIpc) is 2.98. The fraction of sp³-hybridized carbons (Fsp3) is 0.333. The lowest BCUT2D eigenvalue weighted by atomic mass is 10.1. The predicted octanol–water partition coefficient (Wildman–Crippen LogP) is 0.471. The van der Waals surface area contributed by atoms with E-state index in [-0.39, 0.29) is 23.6 Å². The number of hydrogen-bond acceptors (Lipinski definition) is 4. The highest BCUT2D eigenvalue weighted by Crippen LogP contribution is 2.16. The van der Waals surface area contributed by atoms with Crippen LogP contribution in [0, 0.1) is 6.92 Å². The van der Waals surface area contributed by atoms with E-state index in [2.05, 4.69) is 15.3 Å². The smallest absolute Gasteiger partial charge is 0.271 e. The third-order valence-corrected chi connectivity index (χ3v) is 3.84. The Morgan fingerprint density at radius 3 is 2.95 bits per heavy atom. The van der Waals surface area contributed by atoms with Gasteiger partial charge in [-0.15, -0.1) is 0 Å². The van der Waals surface area contributed by atoms with Crippen LogP contribution in [-0.2, 0) is 6.54 Å². The van der Waals surface area contributed by atoms with Gasteiger partial charge >= 0.3 is 0 Å². The summed E-state index contributed by atoms with van der Waals surface area (Å²) in [6.07, 6.45) is 4.88. The summed E-state index contributed by atoms with van der Waals surface area (Å²) in [5.41, 5.74) is 1.71. The topological polar surface area (TPSA) is 80.1 Å². The molecule has 1 aliphatic heterocycles. The number of likely N-dealkylation sites (N-methyl/N-ethyl adjacent to an activating group) is 1. The van der Waals surface area contributed by atoms with Crippen molar-refractivity contribution in [3.63, 3.8) is 0 Å². The standard InChI is InChI=1S/C15H17N5O2/c1-10-6-17-12(8-16-10)14(21)18-7-11-9-20-5-3-4-13(20)15(22)19(11)2/h3-6,8,11H,7,9H2,1-2H3,(H,18,21)/t11-/m0/s1. The van der Waals surface area contributed by atoms with E-state index in [4.69, 9.17) is 0 Å².